The molecule has 0 atom stereocenters. The average Bonchev–Trinajstić information content (AvgIpc) is 1.69. The van der Waals surface area contributed by atoms with Crippen LogP contribution in [0.25, 0.3) is 0 Å². The van der Waals surface area contributed by atoms with Gasteiger partial charge < -0.3 is 0 Å². The Morgan fingerprint density at radius 2 is 1.57 bits per heavy atom. The van der Waals surface area contributed by atoms with Crippen LogP contribution in [0, 0.1) is 0 Å². The summed E-state index contributed by atoms with van der Waals surface area (Å²) < 4.78 is 6.13. The first kappa shape index (κ1) is 5.98. The number of nitrogens with zero attached hydrogens (tertiary/aromatic N) is 2. The molecule has 0 saturated heterocycles. The Kier molecular flexibility index (Phi) is 4.25. The molecule has 7 heavy (non-hydrogen) atoms. The van der Waals surface area contributed by atoms with Crippen LogP contribution >= 0.6 is 0 Å². The van der Waals surface area contributed by atoms with Crippen LogP contribution in [0.2, 0.25) is 0 Å². The molecular formula is C2H2N2O2Si. The maximum Gasteiger partial charge on any atom is 0.302 e. The second-order valence-electron chi connectivity index (χ2n) is 0.640. The van der Waals surface area contributed by atoms with Crippen molar-refractivity contribution in [3.8, 4) is 0 Å². The maximum absolute atomic E-state index is 9.23. The minimum absolute atomic E-state index is 1.19. The summed E-state index contributed by atoms with van der Waals surface area (Å²) in [5, 5.41) is 0. The van der Waals surface area contributed by atoms with Crippen LogP contribution in [-0.4, -0.2) is 22.0 Å². The predicted molar refractivity (Wildman–Crippen MR) is 24.8 cm³/mol. The summed E-state index contributed by atoms with van der Waals surface area (Å²) in [6.45, 7) is 0. The Labute approximate surface area is 42.0 Å². The average molecular weight is 114 g/mol. The molecule has 4 nitrogen and oxygen atoms in total. The van der Waals surface area contributed by atoms with Crippen LogP contribution in [0.4, 0.5) is 0 Å². The van der Waals surface area contributed by atoms with Crippen molar-refractivity contribution in [3.05, 3.63) is 0 Å². The second-order valence-corrected chi connectivity index (χ2v) is 1.56. The third kappa shape index (κ3) is 4.98. The van der Waals surface area contributed by atoms with Crippen molar-refractivity contribution in [3.63, 3.8) is 0 Å². The van der Waals surface area contributed by atoms with Gasteiger partial charge in [-0.15, -0.1) is 0 Å². The van der Waals surface area contributed by atoms with Crippen LogP contribution in [0.1, 0.15) is 0 Å². The number of hydrogen-bond donors (Lipinski definition) is 0. The molecule has 0 aromatic heterocycles. The Morgan fingerprint density at radius 1 is 1.14 bits per heavy atom. The molecular weight excluding hydrogens is 112 g/mol. The molecule has 36 valence electrons. The Bertz CT molecular complexity index is 117. The highest BCUT2D eigenvalue weighted by Gasteiger charge is 1.67. The monoisotopic (exact) mass is 114 g/mol. The van der Waals surface area contributed by atoms with Gasteiger partial charge >= 0.3 is 9.84 Å². The molecule has 0 unspecified atom stereocenters. The van der Waals surface area contributed by atoms with E-state index in [1.165, 1.54) is 12.2 Å². The molecule has 0 aliphatic carbocycles. The largest absolute Gasteiger partial charge is 0.302 e. The lowest BCUT2D eigenvalue weighted by Gasteiger charge is -1.61. The van der Waals surface area contributed by atoms with Crippen molar-refractivity contribution < 1.29 is 9.59 Å². The molecule has 0 aromatic rings. The SMILES string of the molecule is O=C=N[SiH2]N=C=O. The molecule has 0 aliphatic rings. The fourth-order valence-electron chi connectivity index (χ4n) is 0.0931. The quantitative estimate of drug-likeness (QED) is 0.253. The molecule has 0 rings (SSSR count). The van der Waals surface area contributed by atoms with Crippen molar-refractivity contribution in [2.45, 2.75) is 0 Å². The van der Waals surface area contributed by atoms with Crippen molar-refractivity contribution in [2.24, 2.45) is 9.32 Å². The van der Waals surface area contributed by atoms with Crippen molar-refractivity contribution in [1.29, 1.82) is 0 Å². The van der Waals surface area contributed by atoms with Gasteiger partial charge in [0.2, 0.25) is 12.2 Å². The predicted octanol–water partition coefficient (Wildman–Crippen LogP) is -1.34. The second kappa shape index (κ2) is 4.98. The van der Waals surface area contributed by atoms with Crippen molar-refractivity contribution in [2.75, 3.05) is 0 Å². The normalized spacial score (nSPS) is 7.43. The van der Waals surface area contributed by atoms with E-state index in [9.17, 15) is 9.59 Å². The molecule has 0 fully saturated rings. The van der Waals surface area contributed by atoms with Gasteiger partial charge in [-0.05, 0) is 0 Å². The van der Waals surface area contributed by atoms with E-state index in [1.54, 1.807) is 0 Å². The van der Waals surface area contributed by atoms with Gasteiger partial charge in [0.05, 0.1) is 0 Å². The van der Waals surface area contributed by atoms with E-state index in [4.69, 9.17) is 0 Å². The summed E-state index contributed by atoms with van der Waals surface area (Å²) in [6.07, 6.45) is 2.53. The Balaban J connectivity index is 3.33. The zero-order valence-electron chi connectivity index (χ0n) is 3.42. The van der Waals surface area contributed by atoms with Crippen LogP contribution in [0.3, 0.4) is 0 Å². The highest BCUT2D eigenvalue weighted by Crippen LogP contribution is 1.55. The van der Waals surface area contributed by atoms with E-state index in [2.05, 4.69) is 9.32 Å². The zero-order chi connectivity index (χ0) is 5.54. The number of isocyanates is 2. The molecule has 0 heterocycles. The van der Waals surface area contributed by atoms with Gasteiger partial charge in [0.15, 0.2) is 0 Å². The number of rotatable bonds is 2. The summed E-state index contributed by atoms with van der Waals surface area (Å²) in [6, 6.07) is 0. The van der Waals surface area contributed by atoms with Gasteiger partial charge in [0, 0.05) is 0 Å². The lowest BCUT2D eigenvalue weighted by molar-refractivity contribution is 0.566. The van der Waals surface area contributed by atoms with Gasteiger partial charge in [0.25, 0.3) is 0 Å². The summed E-state index contributed by atoms with van der Waals surface area (Å²) in [5.41, 5.74) is 0. The minimum atomic E-state index is -1.19. The van der Waals surface area contributed by atoms with Crippen LogP contribution in [0.15, 0.2) is 9.32 Å². The zero-order valence-corrected chi connectivity index (χ0v) is 4.83. The summed E-state index contributed by atoms with van der Waals surface area (Å²) in [4.78, 5) is 18.5. The van der Waals surface area contributed by atoms with E-state index < -0.39 is 9.84 Å². The summed E-state index contributed by atoms with van der Waals surface area (Å²) >= 11 is 0. The smallest absolute Gasteiger partial charge is 0.226 e. The van der Waals surface area contributed by atoms with E-state index in [1.807, 2.05) is 0 Å². The molecule has 0 amide bonds. The molecule has 0 N–H and O–H groups in total. The standard InChI is InChI=1S/C2H2N2O2Si/c5-1-3-7-4-2-6/h7H2. The molecule has 0 radical (unpaired) electrons. The lowest BCUT2D eigenvalue weighted by atomic mass is 11.7. The first-order valence-corrected chi connectivity index (χ1v) is 2.75. The Morgan fingerprint density at radius 3 is 1.86 bits per heavy atom. The first-order chi connectivity index (χ1) is 3.41. The van der Waals surface area contributed by atoms with Crippen LogP contribution < -0.4 is 0 Å². The molecule has 0 spiro atoms. The topological polar surface area (TPSA) is 58.9 Å². The highest BCUT2D eigenvalue weighted by atomic mass is 28.2. The number of hydrogen-bond acceptors (Lipinski definition) is 4. The number of carbonyl (C=O) groups excluding carboxylic acids is 2. The lowest BCUT2D eigenvalue weighted by Crippen LogP contribution is -1.73. The fraction of sp³-hybridized carbons (Fsp3) is 0. The Hall–Kier alpha value is -1.02. The molecule has 0 saturated carbocycles. The third-order valence-electron chi connectivity index (χ3n) is 0.271. The van der Waals surface area contributed by atoms with Gasteiger partial charge in [-0.2, -0.15) is 0 Å². The van der Waals surface area contributed by atoms with E-state index in [0.717, 1.165) is 0 Å². The fourth-order valence-corrected chi connectivity index (χ4v) is 0.279. The van der Waals surface area contributed by atoms with Crippen molar-refractivity contribution >= 4 is 22.0 Å². The van der Waals surface area contributed by atoms with E-state index in [-0.39, 0.29) is 0 Å². The molecule has 0 bridgehead atoms. The highest BCUT2D eigenvalue weighted by molar-refractivity contribution is 6.33. The molecule has 5 heteroatoms. The van der Waals surface area contributed by atoms with Crippen molar-refractivity contribution in [1.82, 2.24) is 0 Å². The minimum Gasteiger partial charge on any atom is -0.226 e. The van der Waals surface area contributed by atoms with Gasteiger partial charge in [-0.3, -0.25) is 0 Å². The van der Waals surface area contributed by atoms with Crippen LogP contribution in [0.5, 0.6) is 0 Å². The van der Waals surface area contributed by atoms with E-state index in [0.29, 0.717) is 0 Å². The van der Waals surface area contributed by atoms with Crippen LogP contribution in [-0.2, 0) is 9.59 Å². The summed E-state index contributed by atoms with van der Waals surface area (Å²) in [5.74, 6) is 0. The van der Waals surface area contributed by atoms with E-state index >= 15 is 0 Å². The van der Waals surface area contributed by atoms with Gasteiger partial charge in [-0.25, -0.2) is 18.9 Å². The molecule has 0 aromatic carbocycles. The maximum atomic E-state index is 9.23. The third-order valence-corrected chi connectivity index (χ3v) is 0.812. The van der Waals surface area contributed by atoms with Gasteiger partial charge in [-0.1, -0.05) is 0 Å². The molecule has 0 aliphatic heterocycles. The first-order valence-electron chi connectivity index (χ1n) is 1.49. The van der Waals surface area contributed by atoms with Gasteiger partial charge in [0.1, 0.15) is 0 Å². The summed E-state index contributed by atoms with van der Waals surface area (Å²) in [7, 11) is -1.19.